The van der Waals surface area contributed by atoms with Crippen molar-refractivity contribution in [3.8, 4) is 16.9 Å². The van der Waals surface area contributed by atoms with Crippen LogP contribution in [0.3, 0.4) is 0 Å². The lowest BCUT2D eigenvalue weighted by molar-refractivity contribution is -0.274. The largest absolute Gasteiger partial charge is 0.573 e. The second-order valence-electron chi connectivity index (χ2n) is 4.18. The predicted molar refractivity (Wildman–Crippen MR) is 67.7 cm³/mol. The molecule has 0 bridgehead atoms. The molecule has 2 rings (SSSR count). The normalized spacial score (nSPS) is 11.2. The molecule has 1 heterocycles. The maximum absolute atomic E-state index is 12.0. The van der Waals surface area contributed by atoms with Crippen LogP contribution in [0.5, 0.6) is 5.75 Å². The molecule has 0 aliphatic carbocycles. The first-order valence-electron chi connectivity index (χ1n) is 5.86. The number of benzene rings is 1. The fraction of sp³-hybridized carbons (Fsp3) is 0.143. The molecular weight excluding hydrogens is 287 g/mol. The van der Waals surface area contributed by atoms with E-state index in [1.54, 1.807) is 12.1 Å². The summed E-state index contributed by atoms with van der Waals surface area (Å²) in [4.78, 5) is 14.5. The number of alkyl halides is 3. The minimum absolute atomic E-state index is 0.182. The van der Waals surface area contributed by atoms with Gasteiger partial charge in [0, 0.05) is 11.8 Å². The van der Waals surface area contributed by atoms with Gasteiger partial charge in [0.1, 0.15) is 5.75 Å². The molecule has 0 atom stereocenters. The molecule has 110 valence electrons. The number of carboxylic acids is 1. The van der Waals surface area contributed by atoms with Crippen LogP contribution in [0.4, 0.5) is 13.2 Å². The van der Waals surface area contributed by atoms with Gasteiger partial charge in [-0.3, -0.25) is 9.78 Å². The van der Waals surface area contributed by atoms with Crippen molar-refractivity contribution < 1.29 is 27.8 Å². The number of rotatable bonds is 4. The summed E-state index contributed by atoms with van der Waals surface area (Å²) in [5.74, 6) is -1.29. The van der Waals surface area contributed by atoms with Gasteiger partial charge in [0.15, 0.2) is 0 Å². The summed E-state index contributed by atoms with van der Waals surface area (Å²) < 4.78 is 39.9. The van der Waals surface area contributed by atoms with E-state index < -0.39 is 12.3 Å². The van der Waals surface area contributed by atoms with E-state index in [2.05, 4.69) is 9.72 Å². The van der Waals surface area contributed by atoms with Gasteiger partial charge >= 0.3 is 12.3 Å². The quantitative estimate of drug-likeness (QED) is 0.941. The van der Waals surface area contributed by atoms with E-state index in [1.165, 1.54) is 30.5 Å². The van der Waals surface area contributed by atoms with Crippen LogP contribution >= 0.6 is 0 Å². The van der Waals surface area contributed by atoms with Crippen LogP contribution in [-0.4, -0.2) is 22.4 Å². The molecule has 7 heteroatoms. The average Bonchev–Trinajstić information content (AvgIpc) is 2.38. The van der Waals surface area contributed by atoms with E-state index in [4.69, 9.17) is 5.11 Å². The highest BCUT2D eigenvalue weighted by Gasteiger charge is 2.30. The Hall–Kier alpha value is -2.57. The molecule has 0 unspecified atom stereocenters. The molecule has 0 aliphatic heterocycles. The summed E-state index contributed by atoms with van der Waals surface area (Å²) in [6.07, 6.45) is -3.43. The number of hydrogen-bond acceptors (Lipinski definition) is 3. The number of pyridine rings is 1. The molecular formula is C14H10F3NO3. The second kappa shape index (κ2) is 5.82. The summed E-state index contributed by atoms with van der Waals surface area (Å²) >= 11 is 0. The van der Waals surface area contributed by atoms with Crippen LogP contribution in [0, 0.1) is 0 Å². The molecule has 0 aliphatic rings. The fourth-order valence-corrected chi connectivity index (χ4v) is 1.70. The summed E-state index contributed by atoms with van der Waals surface area (Å²) in [6, 6.07) is 8.56. The zero-order valence-electron chi connectivity index (χ0n) is 10.6. The Bertz CT molecular complexity index is 621. The van der Waals surface area contributed by atoms with Crippen molar-refractivity contribution >= 4 is 5.97 Å². The van der Waals surface area contributed by atoms with Crippen molar-refractivity contribution in [2.75, 3.05) is 0 Å². The molecule has 0 radical (unpaired) electrons. The van der Waals surface area contributed by atoms with Gasteiger partial charge in [-0.2, -0.15) is 0 Å². The van der Waals surface area contributed by atoms with Crippen LogP contribution in [0.25, 0.3) is 11.1 Å². The number of carbonyl (C=O) groups is 1. The third kappa shape index (κ3) is 4.48. The van der Waals surface area contributed by atoms with E-state index >= 15 is 0 Å². The van der Waals surface area contributed by atoms with Gasteiger partial charge in [-0.1, -0.05) is 18.2 Å². The fourth-order valence-electron chi connectivity index (χ4n) is 1.70. The lowest BCUT2D eigenvalue weighted by atomic mass is 10.1. The number of carboxylic acid groups (broad SMARTS) is 1. The minimum Gasteiger partial charge on any atom is -0.481 e. The van der Waals surface area contributed by atoms with Crippen molar-refractivity contribution in [1.29, 1.82) is 0 Å². The summed E-state index contributed by atoms with van der Waals surface area (Å²) in [5, 5.41) is 8.63. The summed E-state index contributed by atoms with van der Waals surface area (Å²) in [7, 11) is 0. The molecule has 0 saturated heterocycles. The maximum atomic E-state index is 12.0. The number of aromatic nitrogens is 1. The number of halogens is 3. The SMILES string of the molecule is O=C(O)Cc1ccc(-c2ccc(OC(F)(F)F)cc2)cn1. The molecule has 0 saturated carbocycles. The Morgan fingerprint density at radius 3 is 2.19 bits per heavy atom. The van der Waals surface area contributed by atoms with Crippen LogP contribution in [0.1, 0.15) is 5.69 Å². The summed E-state index contributed by atoms with van der Waals surface area (Å²) in [5.41, 5.74) is 1.73. The van der Waals surface area contributed by atoms with Gasteiger partial charge in [-0.25, -0.2) is 0 Å². The van der Waals surface area contributed by atoms with Crippen molar-refractivity contribution in [3.63, 3.8) is 0 Å². The molecule has 1 N–H and O–H groups in total. The average molecular weight is 297 g/mol. The first-order valence-corrected chi connectivity index (χ1v) is 5.86. The van der Waals surface area contributed by atoms with Crippen LogP contribution < -0.4 is 4.74 Å². The van der Waals surface area contributed by atoms with Gasteiger partial charge in [0.2, 0.25) is 0 Å². The van der Waals surface area contributed by atoms with Gasteiger partial charge in [0.25, 0.3) is 0 Å². The number of nitrogens with zero attached hydrogens (tertiary/aromatic N) is 1. The second-order valence-corrected chi connectivity index (χ2v) is 4.18. The standard InChI is InChI=1S/C14H10F3NO3/c15-14(16,17)21-12-5-2-9(3-6-12)10-1-4-11(18-8-10)7-13(19)20/h1-6,8H,7H2,(H,19,20). The van der Waals surface area contributed by atoms with Gasteiger partial charge in [-0.15, -0.1) is 13.2 Å². The molecule has 0 amide bonds. The minimum atomic E-state index is -4.72. The molecule has 4 nitrogen and oxygen atoms in total. The van der Waals surface area contributed by atoms with Crippen molar-refractivity contribution in [1.82, 2.24) is 4.98 Å². The first-order chi connectivity index (χ1) is 9.83. The Kier molecular flexibility index (Phi) is 4.11. The highest BCUT2D eigenvalue weighted by molar-refractivity contribution is 5.70. The van der Waals surface area contributed by atoms with E-state index in [1.807, 2.05) is 0 Å². The Morgan fingerprint density at radius 2 is 1.71 bits per heavy atom. The van der Waals surface area contributed by atoms with Crippen molar-refractivity contribution in [3.05, 3.63) is 48.3 Å². The van der Waals surface area contributed by atoms with Crippen molar-refractivity contribution in [2.45, 2.75) is 12.8 Å². The highest BCUT2D eigenvalue weighted by Crippen LogP contribution is 2.26. The molecule has 21 heavy (non-hydrogen) atoms. The zero-order chi connectivity index (χ0) is 15.5. The Balaban J connectivity index is 2.13. The highest BCUT2D eigenvalue weighted by atomic mass is 19.4. The predicted octanol–water partition coefficient (Wildman–Crippen LogP) is 3.27. The van der Waals surface area contributed by atoms with Gasteiger partial charge in [0.05, 0.1) is 12.1 Å². The number of aliphatic carboxylic acids is 1. The van der Waals surface area contributed by atoms with Crippen LogP contribution in [-0.2, 0) is 11.2 Å². The number of ether oxygens (including phenoxy) is 1. The third-order valence-corrected chi connectivity index (χ3v) is 2.58. The molecule has 0 spiro atoms. The van der Waals surface area contributed by atoms with E-state index in [0.29, 0.717) is 16.8 Å². The third-order valence-electron chi connectivity index (χ3n) is 2.58. The lowest BCUT2D eigenvalue weighted by Gasteiger charge is -2.09. The molecule has 0 fully saturated rings. The molecule has 1 aromatic heterocycles. The Morgan fingerprint density at radius 1 is 1.10 bits per heavy atom. The van der Waals surface area contributed by atoms with Crippen molar-refractivity contribution in [2.24, 2.45) is 0 Å². The maximum Gasteiger partial charge on any atom is 0.573 e. The lowest BCUT2D eigenvalue weighted by Crippen LogP contribution is -2.16. The smallest absolute Gasteiger partial charge is 0.481 e. The first kappa shape index (κ1) is 14.8. The van der Waals surface area contributed by atoms with Gasteiger partial charge in [-0.05, 0) is 23.8 Å². The van der Waals surface area contributed by atoms with E-state index in [0.717, 1.165) is 0 Å². The zero-order valence-corrected chi connectivity index (χ0v) is 10.6. The van der Waals surface area contributed by atoms with Gasteiger partial charge < -0.3 is 9.84 Å². The summed E-state index contributed by atoms with van der Waals surface area (Å²) in [6.45, 7) is 0. The number of hydrogen-bond donors (Lipinski definition) is 1. The Labute approximate surface area is 117 Å². The molecule has 2 aromatic rings. The van der Waals surface area contributed by atoms with Crippen LogP contribution in [0.15, 0.2) is 42.6 Å². The molecule has 1 aromatic carbocycles. The monoisotopic (exact) mass is 297 g/mol. The topological polar surface area (TPSA) is 59.4 Å². The van der Waals surface area contributed by atoms with E-state index in [-0.39, 0.29) is 12.2 Å². The van der Waals surface area contributed by atoms with Crippen LogP contribution in [0.2, 0.25) is 0 Å². The van der Waals surface area contributed by atoms with E-state index in [9.17, 15) is 18.0 Å².